The van der Waals surface area contributed by atoms with Crippen molar-refractivity contribution in [3.05, 3.63) is 59.3 Å². The van der Waals surface area contributed by atoms with Gasteiger partial charge < -0.3 is 20.2 Å². The molecular formula is C19H17F2N3O3. The number of aromatic amines is 1. The van der Waals surface area contributed by atoms with Gasteiger partial charge in [-0.1, -0.05) is 0 Å². The molecule has 6 nitrogen and oxygen atoms in total. The maximum absolute atomic E-state index is 14.7. The Morgan fingerprint density at radius 2 is 2.00 bits per heavy atom. The summed E-state index contributed by atoms with van der Waals surface area (Å²) in [5.41, 5.74) is 5.99. The molecular weight excluding hydrogens is 356 g/mol. The van der Waals surface area contributed by atoms with E-state index in [4.69, 9.17) is 20.6 Å². The Morgan fingerprint density at radius 1 is 1.22 bits per heavy atom. The van der Waals surface area contributed by atoms with Gasteiger partial charge in [0, 0.05) is 28.7 Å². The first kappa shape index (κ1) is 18.4. The van der Waals surface area contributed by atoms with Crippen LogP contribution in [0.15, 0.2) is 36.5 Å². The zero-order valence-corrected chi connectivity index (χ0v) is 14.4. The van der Waals surface area contributed by atoms with E-state index in [1.165, 1.54) is 18.2 Å². The van der Waals surface area contributed by atoms with Gasteiger partial charge in [-0.15, -0.1) is 0 Å². The average Bonchev–Trinajstić information content (AvgIpc) is 3.07. The summed E-state index contributed by atoms with van der Waals surface area (Å²) in [5, 5.41) is 8.01. The van der Waals surface area contributed by atoms with Crippen LogP contribution in [0.25, 0.3) is 10.9 Å². The molecule has 4 N–H and O–H groups in total. The summed E-state index contributed by atoms with van der Waals surface area (Å²) >= 11 is 0. The molecule has 0 radical (unpaired) electrons. The number of nitrogen functional groups attached to an aromatic ring is 1. The van der Waals surface area contributed by atoms with Gasteiger partial charge in [-0.3, -0.25) is 10.2 Å². The number of carbonyl (C=O) groups is 1. The standard InChI is InChI=1S/C19H17F2N3O3/c1-2-26-17(25)8-12-11-5-6-24-16(11)9-15(21)18(12)27-10-3-4-14(20)13(7-10)19(22)23/h3-7,9,24H,2,8H2,1H3,(H3,22,23). The van der Waals surface area contributed by atoms with E-state index in [1.54, 1.807) is 19.2 Å². The second-order valence-electron chi connectivity index (χ2n) is 5.74. The van der Waals surface area contributed by atoms with Gasteiger partial charge in [0.2, 0.25) is 0 Å². The summed E-state index contributed by atoms with van der Waals surface area (Å²) in [4.78, 5) is 14.9. The molecule has 3 aromatic rings. The minimum atomic E-state index is -0.696. The smallest absolute Gasteiger partial charge is 0.310 e. The lowest BCUT2D eigenvalue weighted by atomic mass is 10.0. The average molecular weight is 373 g/mol. The number of hydrogen-bond acceptors (Lipinski definition) is 4. The third kappa shape index (κ3) is 3.74. The van der Waals surface area contributed by atoms with Gasteiger partial charge in [0.15, 0.2) is 11.6 Å². The van der Waals surface area contributed by atoms with Crippen molar-refractivity contribution in [3.63, 3.8) is 0 Å². The molecule has 0 amide bonds. The largest absolute Gasteiger partial charge is 0.466 e. The Hall–Kier alpha value is -3.42. The van der Waals surface area contributed by atoms with E-state index in [9.17, 15) is 13.6 Å². The molecule has 0 saturated heterocycles. The number of amidine groups is 1. The molecule has 1 aromatic heterocycles. The number of halogens is 2. The molecule has 8 heteroatoms. The van der Waals surface area contributed by atoms with Gasteiger partial charge in [-0.2, -0.15) is 0 Å². The van der Waals surface area contributed by atoms with E-state index in [0.29, 0.717) is 16.5 Å². The third-order valence-corrected chi connectivity index (χ3v) is 3.94. The lowest BCUT2D eigenvalue weighted by Gasteiger charge is -2.14. The molecule has 3 rings (SSSR count). The monoisotopic (exact) mass is 373 g/mol. The van der Waals surface area contributed by atoms with Crippen molar-refractivity contribution in [2.75, 3.05) is 6.61 Å². The minimum Gasteiger partial charge on any atom is -0.466 e. The first-order valence-corrected chi connectivity index (χ1v) is 8.16. The Kier molecular flexibility index (Phi) is 5.07. The Balaban J connectivity index is 2.08. The number of H-pyrrole nitrogens is 1. The van der Waals surface area contributed by atoms with E-state index in [1.807, 2.05) is 0 Å². The van der Waals surface area contributed by atoms with Crippen LogP contribution in [-0.2, 0) is 16.0 Å². The number of carbonyl (C=O) groups excluding carboxylic acids is 1. The number of nitrogens with two attached hydrogens (primary N) is 1. The second kappa shape index (κ2) is 7.45. The van der Waals surface area contributed by atoms with Crippen molar-refractivity contribution in [2.45, 2.75) is 13.3 Å². The number of hydrogen-bond donors (Lipinski definition) is 3. The van der Waals surface area contributed by atoms with Crippen LogP contribution in [0.1, 0.15) is 18.1 Å². The first-order chi connectivity index (χ1) is 12.9. The van der Waals surface area contributed by atoms with Crippen molar-refractivity contribution in [1.29, 1.82) is 5.41 Å². The van der Waals surface area contributed by atoms with E-state index in [2.05, 4.69) is 4.98 Å². The number of benzene rings is 2. The molecule has 0 bridgehead atoms. The van der Waals surface area contributed by atoms with Gasteiger partial charge in [0.25, 0.3) is 0 Å². The number of fused-ring (bicyclic) bond motifs is 1. The predicted octanol–water partition coefficient (Wildman–Crippen LogP) is 3.63. The SMILES string of the molecule is CCOC(=O)Cc1c(Oc2ccc(F)c(C(=N)N)c2)c(F)cc2[nH]ccc12. The molecule has 0 unspecified atom stereocenters. The van der Waals surface area contributed by atoms with Crippen LogP contribution < -0.4 is 10.5 Å². The van der Waals surface area contributed by atoms with Gasteiger partial charge in [0.1, 0.15) is 17.4 Å². The molecule has 0 fully saturated rings. The fourth-order valence-electron chi connectivity index (χ4n) is 2.76. The zero-order valence-electron chi connectivity index (χ0n) is 14.4. The maximum atomic E-state index is 14.7. The van der Waals surface area contributed by atoms with Crippen molar-refractivity contribution in [1.82, 2.24) is 4.98 Å². The van der Waals surface area contributed by atoms with Crippen LogP contribution in [0.2, 0.25) is 0 Å². The number of esters is 1. The highest BCUT2D eigenvalue weighted by Gasteiger charge is 2.20. The molecule has 0 aliphatic rings. The summed E-state index contributed by atoms with van der Waals surface area (Å²) in [5.74, 6) is -2.48. The van der Waals surface area contributed by atoms with Gasteiger partial charge >= 0.3 is 5.97 Å². The second-order valence-corrected chi connectivity index (χ2v) is 5.74. The summed E-state index contributed by atoms with van der Waals surface area (Å²) in [6, 6.07) is 6.50. The van der Waals surface area contributed by atoms with Gasteiger partial charge in [-0.05, 0) is 31.2 Å². The molecule has 2 aromatic carbocycles. The molecule has 0 atom stereocenters. The van der Waals surface area contributed by atoms with Crippen LogP contribution in [0, 0.1) is 17.0 Å². The lowest BCUT2D eigenvalue weighted by Crippen LogP contribution is -2.13. The number of rotatable bonds is 6. The quantitative estimate of drug-likeness (QED) is 0.349. The van der Waals surface area contributed by atoms with Crippen molar-refractivity contribution in [3.8, 4) is 11.5 Å². The third-order valence-electron chi connectivity index (χ3n) is 3.94. The van der Waals surface area contributed by atoms with Crippen LogP contribution in [0.3, 0.4) is 0 Å². The van der Waals surface area contributed by atoms with Crippen LogP contribution >= 0.6 is 0 Å². The summed E-state index contributed by atoms with van der Waals surface area (Å²) in [7, 11) is 0. The number of ether oxygens (including phenoxy) is 2. The van der Waals surface area contributed by atoms with E-state index < -0.39 is 23.4 Å². The highest BCUT2D eigenvalue weighted by atomic mass is 19.1. The van der Waals surface area contributed by atoms with E-state index >= 15 is 0 Å². The number of nitrogens with one attached hydrogen (secondary N) is 2. The lowest BCUT2D eigenvalue weighted by molar-refractivity contribution is -0.142. The highest BCUT2D eigenvalue weighted by Crippen LogP contribution is 2.35. The predicted molar refractivity (Wildman–Crippen MR) is 96.1 cm³/mol. The Morgan fingerprint density at radius 3 is 2.70 bits per heavy atom. The van der Waals surface area contributed by atoms with Crippen LogP contribution in [0.4, 0.5) is 8.78 Å². The van der Waals surface area contributed by atoms with Crippen molar-refractivity contribution in [2.24, 2.45) is 5.73 Å². The van der Waals surface area contributed by atoms with Gasteiger partial charge in [0.05, 0.1) is 18.6 Å². The highest BCUT2D eigenvalue weighted by molar-refractivity contribution is 5.95. The van der Waals surface area contributed by atoms with Crippen molar-refractivity contribution >= 4 is 22.7 Å². The molecule has 0 spiro atoms. The Bertz CT molecular complexity index is 1030. The van der Waals surface area contributed by atoms with E-state index in [0.717, 1.165) is 6.07 Å². The summed E-state index contributed by atoms with van der Waals surface area (Å²) in [6.07, 6.45) is 1.42. The first-order valence-electron chi connectivity index (χ1n) is 8.16. The molecule has 27 heavy (non-hydrogen) atoms. The normalized spacial score (nSPS) is 10.8. The summed E-state index contributed by atoms with van der Waals surface area (Å²) in [6.45, 7) is 1.87. The zero-order chi connectivity index (χ0) is 19.6. The van der Waals surface area contributed by atoms with E-state index in [-0.39, 0.29) is 30.1 Å². The molecule has 1 heterocycles. The molecule has 0 saturated carbocycles. The fraction of sp³-hybridized carbons (Fsp3) is 0.158. The Labute approximate surface area is 153 Å². The number of aromatic nitrogens is 1. The summed E-state index contributed by atoms with van der Waals surface area (Å²) < 4.78 is 39.0. The molecule has 140 valence electrons. The maximum Gasteiger partial charge on any atom is 0.310 e. The van der Waals surface area contributed by atoms with Crippen LogP contribution in [-0.4, -0.2) is 23.4 Å². The van der Waals surface area contributed by atoms with Crippen LogP contribution in [0.5, 0.6) is 11.5 Å². The molecule has 0 aliphatic heterocycles. The van der Waals surface area contributed by atoms with Crippen molar-refractivity contribution < 1.29 is 23.0 Å². The topological polar surface area (TPSA) is 101 Å². The minimum absolute atomic E-state index is 0.0838. The fourth-order valence-corrected chi connectivity index (χ4v) is 2.76. The molecule has 0 aliphatic carbocycles. The van der Waals surface area contributed by atoms with Gasteiger partial charge in [-0.25, -0.2) is 8.78 Å².